The summed E-state index contributed by atoms with van der Waals surface area (Å²) in [6.45, 7) is 9.31. The number of benzene rings is 1. The fourth-order valence-corrected chi connectivity index (χ4v) is 1.60. The van der Waals surface area contributed by atoms with E-state index in [1.54, 1.807) is 6.08 Å². The first-order valence-electron chi connectivity index (χ1n) is 6.45. The zero-order valence-electron chi connectivity index (χ0n) is 12.3. The van der Waals surface area contributed by atoms with Gasteiger partial charge >= 0.3 is 6.18 Å². The molecule has 0 fully saturated rings. The van der Waals surface area contributed by atoms with Crippen LogP contribution in [0.25, 0.3) is 5.57 Å². The van der Waals surface area contributed by atoms with Crippen molar-refractivity contribution in [2.24, 2.45) is 0 Å². The molecule has 0 saturated heterocycles. The van der Waals surface area contributed by atoms with Crippen LogP contribution in [0.4, 0.5) is 13.2 Å². The van der Waals surface area contributed by atoms with E-state index in [0.717, 1.165) is 23.3 Å². The van der Waals surface area contributed by atoms with E-state index in [1.165, 1.54) is 12.1 Å². The maximum atomic E-state index is 12.5. The Balaban J connectivity index is 3.20. The summed E-state index contributed by atoms with van der Waals surface area (Å²) in [7, 11) is 0. The van der Waals surface area contributed by atoms with E-state index in [0.29, 0.717) is 11.1 Å². The van der Waals surface area contributed by atoms with Gasteiger partial charge in [0.05, 0.1) is 5.56 Å². The zero-order valence-corrected chi connectivity index (χ0v) is 12.3. The van der Waals surface area contributed by atoms with Gasteiger partial charge in [0.15, 0.2) is 0 Å². The second kappa shape index (κ2) is 6.99. The van der Waals surface area contributed by atoms with Crippen LogP contribution in [-0.4, -0.2) is 0 Å². The van der Waals surface area contributed by atoms with Gasteiger partial charge in [-0.25, -0.2) is 0 Å². The Morgan fingerprint density at radius 1 is 1.10 bits per heavy atom. The van der Waals surface area contributed by atoms with Crippen LogP contribution >= 0.6 is 0 Å². The topological polar surface area (TPSA) is 0 Å². The second-order valence-electron chi connectivity index (χ2n) is 4.54. The van der Waals surface area contributed by atoms with Crippen molar-refractivity contribution in [3.63, 3.8) is 0 Å². The molecule has 1 aromatic rings. The van der Waals surface area contributed by atoms with Crippen LogP contribution in [0.15, 0.2) is 54.1 Å². The van der Waals surface area contributed by atoms with Gasteiger partial charge in [0.1, 0.15) is 0 Å². The molecule has 0 spiro atoms. The molecule has 0 amide bonds. The zero-order chi connectivity index (χ0) is 16.0. The van der Waals surface area contributed by atoms with Crippen molar-refractivity contribution in [3.05, 3.63) is 65.3 Å². The van der Waals surface area contributed by atoms with Crippen LogP contribution < -0.4 is 0 Å². The number of hydrogen-bond acceptors (Lipinski definition) is 0. The molecule has 21 heavy (non-hydrogen) atoms. The quantitative estimate of drug-likeness (QED) is 0.489. The van der Waals surface area contributed by atoms with Crippen LogP contribution in [0.2, 0.25) is 0 Å². The number of rotatable bonds is 2. The van der Waals surface area contributed by atoms with Crippen molar-refractivity contribution >= 4 is 5.57 Å². The van der Waals surface area contributed by atoms with Gasteiger partial charge in [0.2, 0.25) is 0 Å². The largest absolute Gasteiger partial charge is 0.416 e. The molecule has 0 unspecified atom stereocenters. The standard InChI is InChI=1S/C18H17F3/c1-5-13(3)7-8-15(6-2)14(4)16-9-11-17(12-10-16)18(19,20)21/h5-6,9-12H,2H2,1,3-4H3/b13-5+,15-14-. The normalized spacial score (nSPS) is 13.1. The lowest BCUT2D eigenvalue weighted by atomic mass is 10.00. The van der Waals surface area contributed by atoms with Crippen LogP contribution in [0.5, 0.6) is 0 Å². The Morgan fingerprint density at radius 3 is 2.10 bits per heavy atom. The van der Waals surface area contributed by atoms with Crippen LogP contribution in [0, 0.1) is 11.8 Å². The smallest absolute Gasteiger partial charge is 0.166 e. The summed E-state index contributed by atoms with van der Waals surface area (Å²) in [5.74, 6) is 5.96. The SMILES string of the molecule is C=C/C(C#C/C(C)=C/C)=C(\C)c1ccc(C(F)(F)F)cc1. The summed E-state index contributed by atoms with van der Waals surface area (Å²) in [5, 5.41) is 0. The van der Waals surface area contributed by atoms with E-state index in [1.807, 2.05) is 26.8 Å². The highest BCUT2D eigenvalue weighted by Crippen LogP contribution is 2.30. The lowest BCUT2D eigenvalue weighted by Crippen LogP contribution is -2.04. The van der Waals surface area contributed by atoms with Crippen LogP contribution in [-0.2, 0) is 6.18 Å². The molecule has 0 heterocycles. The average molecular weight is 290 g/mol. The molecule has 0 atom stereocenters. The predicted octanol–water partition coefficient (Wildman–Crippen LogP) is 5.63. The minimum atomic E-state index is -4.32. The monoisotopic (exact) mass is 290 g/mol. The van der Waals surface area contributed by atoms with Gasteiger partial charge in [-0.3, -0.25) is 0 Å². The molecular formula is C18H17F3. The first kappa shape index (κ1) is 16.8. The molecule has 3 heteroatoms. The van der Waals surface area contributed by atoms with Gasteiger partial charge < -0.3 is 0 Å². The third-order valence-electron chi connectivity index (χ3n) is 3.08. The summed E-state index contributed by atoms with van der Waals surface area (Å²) in [6, 6.07) is 5.05. The molecule has 0 aliphatic heterocycles. The van der Waals surface area contributed by atoms with Crippen LogP contribution in [0.1, 0.15) is 31.9 Å². The highest BCUT2D eigenvalue weighted by molar-refractivity contribution is 5.73. The third-order valence-corrected chi connectivity index (χ3v) is 3.08. The fraction of sp³-hybridized carbons (Fsp3) is 0.222. The summed E-state index contributed by atoms with van der Waals surface area (Å²) >= 11 is 0. The van der Waals surface area contributed by atoms with Crippen molar-refractivity contribution in [1.29, 1.82) is 0 Å². The van der Waals surface area contributed by atoms with E-state index < -0.39 is 11.7 Å². The van der Waals surface area contributed by atoms with Crippen LogP contribution in [0.3, 0.4) is 0 Å². The molecule has 0 aliphatic rings. The molecule has 0 nitrogen and oxygen atoms in total. The first-order valence-corrected chi connectivity index (χ1v) is 6.45. The molecule has 110 valence electrons. The van der Waals surface area contributed by atoms with Crippen molar-refractivity contribution in [1.82, 2.24) is 0 Å². The van der Waals surface area contributed by atoms with E-state index >= 15 is 0 Å². The summed E-state index contributed by atoms with van der Waals surface area (Å²) in [4.78, 5) is 0. The van der Waals surface area contributed by atoms with Crippen molar-refractivity contribution in [2.45, 2.75) is 26.9 Å². The van der Waals surface area contributed by atoms with Gasteiger partial charge in [-0.15, -0.1) is 0 Å². The van der Waals surface area contributed by atoms with Gasteiger partial charge in [0.25, 0.3) is 0 Å². The Bertz CT molecular complexity index is 630. The Hall–Kier alpha value is -2.21. The van der Waals surface area contributed by atoms with E-state index in [2.05, 4.69) is 18.4 Å². The molecule has 0 radical (unpaired) electrons. The predicted molar refractivity (Wildman–Crippen MR) is 81.4 cm³/mol. The fourth-order valence-electron chi connectivity index (χ4n) is 1.60. The summed E-state index contributed by atoms with van der Waals surface area (Å²) in [5.41, 5.74) is 2.47. The molecule has 1 rings (SSSR count). The van der Waals surface area contributed by atoms with E-state index in [-0.39, 0.29) is 0 Å². The minimum Gasteiger partial charge on any atom is -0.166 e. The number of halogens is 3. The third kappa shape index (κ3) is 4.68. The number of allylic oxidation sites excluding steroid dienone is 5. The number of hydrogen-bond donors (Lipinski definition) is 0. The maximum Gasteiger partial charge on any atom is 0.416 e. The lowest BCUT2D eigenvalue weighted by molar-refractivity contribution is -0.137. The van der Waals surface area contributed by atoms with E-state index in [4.69, 9.17) is 0 Å². The Labute approximate surface area is 123 Å². The Kier molecular flexibility index (Phi) is 5.60. The highest BCUT2D eigenvalue weighted by atomic mass is 19.4. The van der Waals surface area contributed by atoms with Gasteiger partial charge in [0, 0.05) is 5.57 Å². The van der Waals surface area contributed by atoms with Gasteiger partial charge in [-0.2, -0.15) is 13.2 Å². The van der Waals surface area contributed by atoms with Crippen molar-refractivity contribution in [2.75, 3.05) is 0 Å². The first-order chi connectivity index (χ1) is 9.79. The van der Waals surface area contributed by atoms with Crippen molar-refractivity contribution in [3.8, 4) is 11.8 Å². The molecule has 0 N–H and O–H groups in total. The second-order valence-corrected chi connectivity index (χ2v) is 4.54. The molecule has 1 aromatic carbocycles. The van der Waals surface area contributed by atoms with Gasteiger partial charge in [-0.1, -0.05) is 42.7 Å². The molecule has 0 bridgehead atoms. The summed E-state index contributed by atoms with van der Waals surface area (Å²) < 4.78 is 37.6. The molecule has 0 saturated carbocycles. The maximum absolute atomic E-state index is 12.5. The molecule has 0 aliphatic carbocycles. The molecular weight excluding hydrogens is 273 g/mol. The Morgan fingerprint density at radius 2 is 1.67 bits per heavy atom. The summed E-state index contributed by atoms with van der Waals surface area (Å²) in [6.07, 6.45) is -0.815. The van der Waals surface area contributed by atoms with E-state index in [9.17, 15) is 13.2 Å². The van der Waals surface area contributed by atoms with Crippen molar-refractivity contribution < 1.29 is 13.2 Å². The minimum absolute atomic E-state index is 0.657. The van der Waals surface area contributed by atoms with Gasteiger partial charge in [-0.05, 0) is 49.6 Å². The highest BCUT2D eigenvalue weighted by Gasteiger charge is 2.29. The number of alkyl halides is 3. The average Bonchev–Trinajstić information content (AvgIpc) is 2.46. The lowest BCUT2D eigenvalue weighted by Gasteiger charge is -2.08. The molecule has 0 aromatic heterocycles.